The number of fused-ring (bicyclic) bond motifs is 3. The van der Waals surface area contributed by atoms with Crippen molar-refractivity contribution in [1.82, 2.24) is 20.0 Å². The number of rotatable bonds is 8. The Labute approximate surface area is 247 Å². The first-order valence-electron chi connectivity index (χ1n) is 14.6. The standard InChI is InChI=1S/C30H32F2N6O4S/c31-30(32)8-10-37(11-9-30)29-28-21(7-13-42-28)16-25(33-29)26-18-38(36-34-26)27-6-5-22(35-43(40,41)14-12-39)17-24(27)23-15-19-1-3-20(23)4-2-19/h5-7,13,15-20,35,39H,1-4,8-12,14H2. The maximum Gasteiger partial charge on any atom is 0.251 e. The third-order valence-corrected chi connectivity index (χ3v) is 10.0. The topological polar surface area (TPSA) is 126 Å². The highest BCUT2D eigenvalue weighted by Gasteiger charge is 2.35. The van der Waals surface area contributed by atoms with Crippen molar-refractivity contribution in [2.45, 2.75) is 44.4 Å². The molecule has 0 unspecified atom stereocenters. The zero-order valence-electron chi connectivity index (χ0n) is 23.4. The highest BCUT2D eigenvalue weighted by molar-refractivity contribution is 7.92. The van der Waals surface area contributed by atoms with E-state index in [0.29, 0.717) is 40.3 Å². The van der Waals surface area contributed by atoms with Crippen molar-refractivity contribution in [1.29, 1.82) is 0 Å². The van der Waals surface area contributed by atoms with Crippen LogP contribution >= 0.6 is 0 Å². The van der Waals surface area contributed by atoms with Crippen LogP contribution in [0.1, 0.15) is 44.1 Å². The van der Waals surface area contributed by atoms with Gasteiger partial charge in [0.25, 0.3) is 5.92 Å². The third-order valence-electron chi connectivity index (χ3n) is 8.78. The van der Waals surface area contributed by atoms with E-state index >= 15 is 0 Å². The summed E-state index contributed by atoms with van der Waals surface area (Å²) in [5.41, 5.74) is 4.82. The van der Waals surface area contributed by atoms with Gasteiger partial charge in [0.15, 0.2) is 11.4 Å². The first kappa shape index (κ1) is 28.0. The highest BCUT2D eigenvalue weighted by Crippen LogP contribution is 2.46. The van der Waals surface area contributed by atoms with E-state index in [1.54, 1.807) is 23.2 Å². The number of hydrogen-bond acceptors (Lipinski definition) is 8. The predicted molar refractivity (Wildman–Crippen MR) is 159 cm³/mol. The average Bonchev–Trinajstić information content (AvgIpc) is 3.67. The Kier molecular flexibility index (Phi) is 6.96. The van der Waals surface area contributed by atoms with Gasteiger partial charge in [-0.25, -0.2) is 26.9 Å². The number of allylic oxidation sites excluding steroid dienone is 2. The van der Waals surface area contributed by atoms with Crippen LogP contribution in [0, 0.1) is 11.8 Å². The maximum atomic E-state index is 13.9. The second kappa shape index (κ2) is 10.7. The summed E-state index contributed by atoms with van der Waals surface area (Å²) in [7, 11) is -3.70. The SMILES string of the molecule is O=S(=O)(CCO)Nc1ccc(-n2cc(-c3cc4ccoc4c(N4CCC(F)(F)CC4)n3)nn2)c(C2=CC3CCC2CC3)c1. The third kappa shape index (κ3) is 5.51. The molecular formula is C30H32F2N6O4S. The molecule has 1 aliphatic heterocycles. The molecule has 0 spiro atoms. The van der Waals surface area contributed by atoms with Crippen molar-refractivity contribution in [3.63, 3.8) is 0 Å². The lowest BCUT2D eigenvalue weighted by molar-refractivity contribution is -0.0221. The first-order chi connectivity index (χ1) is 20.7. The molecule has 3 aromatic heterocycles. The molecule has 1 saturated carbocycles. The molecule has 13 heteroatoms. The number of nitrogens with one attached hydrogen (secondary N) is 1. The van der Waals surface area contributed by atoms with Crippen LogP contribution in [0.5, 0.6) is 0 Å². The largest absolute Gasteiger partial charge is 0.460 e. The van der Waals surface area contributed by atoms with Crippen LogP contribution in [0.15, 0.2) is 53.3 Å². The fourth-order valence-corrected chi connectivity index (χ4v) is 7.36. The van der Waals surface area contributed by atoms with Crippen LogP contribution in [-0.4, -0.2) is 64.9 Å². The summed E-state index contributed by atoms with van der Waals surface area (Å²) in [6, 6.07) is 8.98. The van der Waals surface area contributed by atoms with E-state index in [2.05, 4.69) is 21.1 Å². The van der Waals surface area contributed by atoms with E-state index in [1.165, 1.54) is 5.57 Å². The molecule has 43 heavy (non-hydrogen) atoms. The molecule has 226 valence electrons. The number of aliphatic hydroxyl groups is 1. The second-order valence-electron chi connectivity index (χ2n) is 11.7. The summed E-state index contributed by atoms with van der Waals surface area (Å²) in [6.07, 6.45) is 9.62. The lowest BCUT2D eigenvalue weighted by Crippen LogP contribution is -2.39. The summed E-state index contributed by atoms with van der Waals surface area (Å²) in [5, 5.41) is 18.8. The van der Waals surface area contributed by atoms with Gasteiger partial charge in [-0.15, -0.1) is 5.10 Å². The Morgan fingerprint density at radius 2 is 1.86 bits per heavy atom. The van der Waals surface area contributed by atoms with E-state index in [1.807, 2.05) is 29.2 Å². The summed E-state index contributed by atoms with van der Waals surface area (Å²) in [4.78, 5) is 6.63. The van der Waals surface area contributed by atoms with E-state index in [-0.39, 0.29) is 31.7 Å². The van der Waals surface area contributed by atoms with Crippen molar-refractivity contribution in [3.05, 3.63) is 54.4 Å². The molecule has 2 fully saturated rings. The van der Waals surface area contributed by atoms with Gasteiger partial charge in [-0.3, -0.25) is 4.72 Å². The summed E-state index contributed by atoms with van der Waals surface area (Å²) >= 11 is 0. The molecule has 1 saturated heterocycles. The Bertz CT molecular complexity index is 1800. The van der Waals surface area contributed by atoms with Gasteiger partial charge in [0.2, 0.25) is 10.0 Å². The number of sulfonamides is 1. The zero-order valence-corrected chi connectivity index (χ0v) is 24.2. The summed E-state index contributed by atoms with van der Waals surface area (Å²) < 4.78 is 62.5. The van der Waals surface area contributed by atoms with Crippen molar-refractivity contribution in [2.75, 3.05) is 35.1 Å². The highest BCUT2D eigenvalue weighted by atomic mass is 32.2. The molecule has 2 N–H and O–H groups in total. The summed E-state index contributed by atoms with van der Waals surface area (Å²) in [5.74, 6) is -1.70. The molecule has 1 aromatic carbocycles. The van der Waals surface area contributed by atoms with Crippen molar-refractivity contribution in [2.24, 2.45) is 11.8 Å². The number of nitrogens with zero attached hydrogens (tertiary/aromatic N) is 5. The lowest BCUT2D eigenvalue weighted by atomic mass is 9.69. The molecule has 3 aliphatic carbocycles. The number of alkyl halides is 2. The van der Waals surface area contributed by atoms with Crippen molar-refractivity contribution in [3.8, 4) is 17.1 Å². The van der Waals surface area contributed by atoms with E-state index < -0.39 is 22.6 Å². The second-order valence-corrected chi connectivity index (χ2v) is 13.5. The number of benzene rings is 1. The Morgan fingerprint density at radius 1 is 1.07 bits per heavy atom. The first-order valence-corrected chi connectivity index (χ1v) is 16.2. The number of anilines is 2. The molecule has 0 radical (unpaired) electrons. The quantitative estimate of drug-likeness (QED) is 0.277. The molecule has 8 rings (SSSR count). The molecule has 4 heterocycles. The molecule has 2 bridgehead atoms. The molecule has 10 nitrogen and oxygen atoms in total. The molecule has 0 atom stereocenters. The molecule has 4 aliphatic rings. The minimum Gasteiger partial charge on any atom is -0.460 e. The minimum atomic E-state index is -3.70. The number of aromatic nitrogens is 4. The monoisotopic (exact) mass is 610 g/mol. The van der Waals surface area contributed by atoms with Gasteiger partial charge in [0.1, 0.15) is 5.69 Å². The van der Waals surface area contributed by atoms with Gasteiger partial charge in [0.05, 0.1) is 36.2 Å². The van der Waals surface area contributed by atoms with Crippen LogP contribution in [-0.2, 0) is 10.0 Å². The van der Waals surface area contributed by atoms with Crippen LogP contribution < -0.4 is 9.62 Å². The fraction of sp³-hybridized carbons (Fsp3) is 0.433. The fourth-order valence-electron chi connectivity index (χ4n) is 6.53. The number of halogens is 2. The number of furan rings is 1. The van der Waals surface area contributed by atoms with Gasteiger partial charge in [-0.05, 0) is 73.4 Å². The number of hydrogen-bond donors (Lipinski definition) is 2. The number of piperidine rings is 1. The average molecular weight is 611 g/mol. The number of pyridine rings is 1. The predicted octanol–water partition coefficient (Wildman–Crippen LogP) is 5.25. The van der Waals surface area contributed by atoms with Crippen LogP contribution in [0.25, 0.3) is 33.6 Å². The van der Waals surface area contributed by atoms with Crippen molar-refractivity contribution < 1.29 is 26.7 Å². The van der Waals surface area contributed by atoms with E-state index in [4.69, 9.17) is 14.5 Å². The van der Waals surface area contributed by atoms with Gasteiger partial charge in [0, 0.05) is 42.6 Å². The molecule has 4 aromatic rings. The molecular weight excluding hydrogens is 578 g/mol. The molecule has 0 amide bonds. The van der Waals surface area contributed by atoms with Crippen LogP contribution in [0.3, 0.4) is 0 Å². The summed E-state index contributed by atoms with van der Waals surface area (Å²) in [6.45, 7) is -0.135. The van der Waals surface area contributed by atoms with Crippen LogP contribution in [0.2, 0.25) is 0 Å². The van der Waals surface area contributed by atoms with E-state index in [9.17, 15) is 17.2 Å². The lowest BCUT2D eigenvalue weighted by Gasteiger charge is -2.36. The Morgan fingerprint density at radius 3 is 2.58 bits per heavy atom. The minimum absolute atomic E-state index is 0.168. The van der Waals surface area contributed by atoms with Gasteiger partial charge in [-0.2, -0.15) is 0 Å². The van der Waals surface area contributed by atoms with Gasteiger partial charge in [-0.1, -0.05) is 11.3 Å². The van der Waals surface area contributed by atoms with E-state index in [0.717, 1.165) is 42.3 Å². The Hall–Kier alpha value is -3.84. The van der Waals surface area contributed by atoms with Gasteiger partial charge >= 0.3 is 0 Å². The van der Waals surface area contributed by atoms with Crippen LogP contribution in [0.4, 0.5) is 20.3 Å². The smallest absolute Gasteiger partial charge is 0.251 e. The van der Waals surface area contributed by atoms with Crippen molar-refractivity contribution >= 4 is 38.1 Å². The van der Waals surface area contributed by atoms with Gasteiger partial charge < -0.3 is 14.4 Å². The normalized spacial score (nSPS) is 21.7. The number of aliphatic hydroxyl groups excluding tert-OH is 1. The Balaban J connectivity index is 1.27. The maximum absolute atomic E-state index is 13.9. The zero-order chi connectivity index (χ0) is 29.8.